The van der Waals surface area contributed by atoms with E-state index in [0.29, 0.717) is 34.0 Å². The fourth-order valence-corrected chi connectivity index (χ4v) is 8.60. The number of carbonyl (C=O) groups excluding carboxylic acids is 2. The minimum absolute atomic E-state index is 0.0255. The molecule has 0 aromatic rings. The van der Waals surface area contributed by atoms with Crippen LogP contribution in [0.5, 0.6) is 0 Å². The van der Waals surface area contributed by atoms with Crippen LogP contribution in [0.4, 0.5) is 0 Å². The van der Waals surface area contributed by atoms with Crippen LogP contribution in [0.2, 0.25) is 0 Å². The first-order chi connectivity index (χ1) is 15.5. The first kappa shape index (κ1) is 26.2. The second kappa shape index (κ2) is 8.05. The van der Waals surface area contributed by atoms with Gasteiger partial charge in [-0.05, 0) is 99.3 Å². The Kier molecular flexibility index (Phi) is 6.20. The number of piperidine rings is 2. The summed E-state index contributed by atoms with van der Waals surface area (Å²) in [4.78, 5) is 22.9. The number of ketones is 1. The number of carbonyl (C=O) groups is 2. The lowest BCUT2D eigenvalue weighted by Gasteiger charge is -2.46. The third-order valence-electron chi connectivity index (χ3n) is 13.2. The van der Waals surface area contributed by atoms with Crippen molar-refractivity contribution < 1.29 is 9.59 Å². The van der Waals surface area contributed by atoms with Crippen molar-refractivity contribution >= 4 is 11.7 Å². The van der Waals surface area contributed by atoms with Gasteiger partial charge < -0.3 is 10.6 Å². The van der Waals surface area contributed by atoms with Crippen molar-refractivity contribution in [1.29, 1.82) is 0 Å². The van der Waals surface area contributed by atoms with E-state index >= 15 is 0 Å². The molecular weight excluding hydrogens is 420 g/mol. The molecule has 0 aromatic carbocycles. The Morgan fingerprint density at radius 2 is 1.15 bits per heavy atom. The van der Waals surface area contributed by atoms with Crippen LogP contribution in [0.15, 0.2) is 0 Å². The Morgan fingerprint density at radius 1 is 0.618 bits per heavy atom. The largest absolute Gasteiger partial charge is 0.350 e. The van der Waals surface area contributed by atoms with Gasteiger partial charge in [-0.1, -0.05) is 48.5 Å². The van der Waals surface area contributed by atoms with Gasteiger partial charge in [-0.3, -0.25) is 9.59 Å². The van der Waals surface area contributed by atoms with Crippen molar-refractivity contribution in [3.8, 4) is 0 Å². The molecule has 4 aliphatic carbocycles. The molecule has 4 nitrogen and oxygen atoms in total. The maximum absolute atomic E-state index is 11.6. The summed E-state index contributed by atoms with van der Waals surface area (Å²) in [5, 5.41) is 6.81. The first-order valence-corrected chi connectivity index (χ1v) is 14.1. The molecule has 1 amide bonds. The quantitative estimate of drug-likeness (QED) is 0.436. The van der Waals surface area contributed by atoms with Gasteiger partial charge >= 0.3 is 0 Å². The van der Waals surface area contributed by atoms with E-state index in [-0.39, 0.29) is 22.3 Å². The van der Waals surface area contributed by atoms with Crippen molar-refractivity contribution in [2.24, 2.45) is 39.4 Å². The molecule has 0 aromatic heterocycles. The average molecular weight is 473 g/mol. The van der Waals surface area contributed by atoms with E-state index in [0.717, 1.165) is 31.6 Å². The van der Waals surface area contributed by atoms with Gasteiger partial charge in [0, 0.05) is 29.3 Å². The van der Waals surface area contributed by atoms with E-state index in [1.165, 1.54) is 38.6 Å². The number of rotatable bonds is 0. The van der Waals surface area contributed by atoms with E-state index in [2.05, 4.69) is 72.9 Å². The van der Waals surface area contributed by atoms with Crippen LogP contribution in [0.25, 0.3) is 0 Å². The predicted octanol–water partition coefficient (Wildman–Crippen LogP) is 6.28. The summed E-state index contributed by atoms with van der Waals surface area (Å²) in [6.07, 6.45) is 10.6. The number of hydrogen-bond acceptors (Lipinski definition) is 3. The van der Waals surface area contributed by atoms with E-state index in [4.69, 9.17) is 0 Å². The third kappa shape index (κ3) is 3.63. The Bertz CT molecular complexity index is 838. The molecule has 4 saturated carbocycles. The molecule has 34 heavy (non-hydrogen) atoms. The minimum Gasteiger partial charge on any atom is -0.350 e. The van der Waals surface area contributed by atoms with Crippen LogP contribution in [0.3, 0.4) is 0 Å². The highest BCUT2D eigenvalue weighted by atomic mass is 16.2. The van der Waals surface area contributed by atoms with Crippen molar-refractivity contribution in [3.05, 3.63) is 0 Å². The van der Waals surface area contributed by atoms with Gasteiger partial charge in [0.05, 0.1) is 0 Å². The minimum atomic E-state index is 0.0255. The summed E-state index contributed by atoms with van der Waals surface area (Å²) in [6.45, 7) is 21.9. The summed E-state index contributed by atoms with van der Waals surface area (Å²) in [5.41, 5.74) is 1.64. The normalized spacial score (nSPS) is 46.2. The second-order valence-corrected chi connectivity index (χ2v) is 15.0. The van der Waals surface area contributed by atoms with Crippen molar-refractivity contribution in [2.45, 2.75) is 131 Å². The monoisotopic (exact) mass is 472 g/mol. The van der Waals surface area contributed by atoms with Crippen molar-refractivity contribution in [1.82, 2.24) is 10.6 Å². The highest BCUT2D eigenvalue weighted by Crippen LogP contribution is 2.63. The summed E-state index contributed by atoms with van der Waals surface area (Å²) in [6, 6.07) is 0. The van der Waals surface area contributed by atoms with E-state index in [1.807, 2.05) is 0 Å². The van der Waals surface area contributed by atoms with Crippen molar-refractivity contribution in [2.75, 3.05) is 6.54 Å². The molecule has 6 atom stereocenters. The van der Waals surface area contributed by atoms with Crippen LogP contribution in [0.1, 0.15) is 120 Å². The molecule has 2 aliphatic heterocycles. The highest BCUT2D eigenvalue weighted by Gasteiger charge is 2.61. The molecule has 2 saturated heterocycles. The zero-order valence-electron chi connectivity index (χ0n) is 23.6. The third-order valence-corrected chi connectivity index (χ3v) is 13.2. The fraction of sp³-hybridized carbons (Fsp3) is 0.933. The molecule has 6 aliphatic rings. The van der Waals surface area contributed by atoms with Gasteiger partial charge in [-0.15, -0.1) is 0 Å². The van der Waals surface area contributed by atoms with E-state index in [1.54, 1.807) is 0 Å². The highest BCUT2D eigenvalue weighted by molar-refractivity contribution is 5.89. The number of Topliss-reactive ketones (excluding diaryl/α,β-unsaturated/α-hetero) is 1. The molecule has 2 N–H and O–H groups in total. The van der Waals surface area contributed by atoms with Crippen LogP contribution >= 0.6 is 0 Å². The number of hydrogen-bond donors (Lipinski definition) is 2. The molecule has 194 valence electrons. The fourth-order valence-electron chi connectivity index (χ4n) is 8.60. The number of fused-ring (bicyclic) bond motifs is 6. The smallest absolute Gasteiger partial charge is 0.220 e. The Hall–Kier alpha value is -0.900. The van der Waals surface area contributed by atoms with Gasteiger partial charge in [0.2, 0.25) is 5.91 Å². The first-order valence-electron chi connectivity index (χ1n) is 14.1. The molecule has 4 heteroatoms. The molecule has 2 heterocycles. The van der Waals surface area contributed by atoms with Crippen molar-refractivity contribution in [3.63, 3.8) is 0 Å². The average Bonchev–Trinajstić information content (AvgIpc) is 3.11. The molecular formula is C30H52N2O2. The molecule has 6 bridgehead atoms. The number of amides is 1. The molecule has 6 fully saturated rings. The summed E-state index contributed by atoms with van der Waals surface area (Å²) >= 11 is 0. The molecule has 0 spiro atoms. The van der Waals surface area contributed by atoms with Gasteiger partial charge in [0.1, 0.15) is 5.78 Å². The van der Waals surface area contributed by atoms with Crippen LogP contribution in [0, 0.1) is 39.4 Å². The zero-order valence-corrected chi connectivity index (χ0v) is 23.6. The van der Waals surface area contributed by atoms with Crippen LogP contribution in [-0.4, -0.2) is 29.3 Å². The Labute approximate surface area is 209 Å². The Balaban J connectivity index is 0.000000121. The van der Waals surface area contributed by atoms with Gasteiger partial charge in [-0.25, -0.2) is 0 Å². The SMILES string of the molecule is CC12CCC(CC(=O)N1)C2(C)C.CC12CCC(CC1=O)C2(C)C.CC12CCC(CCN1)C2(C)C. The maximum atomic E-state index is 11.6. The van der Waals surface area contributed by atoms with E-state index < -0.39 is 0 Å². The van der Waals surface area contributed by atoms with Gasteiger partial charge in [0.25, 0.3) is 0 Å². The van der Waals surface area contributed by atoms with E-state index in [9.17, 15) is 9.59 Å². The topological polar surface area (TPSA) is 58.2 Å². The zero-order chi connectivity index (χ0) is 25.4. The molecule has 0 radical (unpaired) electrons. The summed E-state index contributed by atoms with van der Waals surface area (Å²) in [5.74, 6) is 3.03. The lowest BCUT2D eigenvalue weighted by Crippen LogP contribution is -2.58. The van der Waals surface area contributed by atoms with Crippen LogP contribution in [-0.2, 0) is 9.59 Å². The Morgan fingerprint density at radius 3 is 1.59 bits per heavy atom. The van der Waals surface area contributed by atoms with Gasteiger partial charge in [-0.2, -0.15) is 0 Å². The van der Waals surface area contributed by atoms with Gasteiger partial charge in [0.15, 0.2) is 0 Å². The molecule has 6 unspecified atom stereocenters. The summed E-state index contributed by atoms with van der Waals surface area (Å²) in [7, 11) is 0. The van der Waals surface area contributed by atoms with Crippen LogP contribution < -0.4 is 10.6 Å². The maximum Gasteiger partial charge on any atom is 0.220 e. The predicted molar refractivity (Wildman–Crippen MR) is 139 cm³/mol. The lowest BCUT2D eigenvalue weighted by molar-refractivity contribution is -0.129. The summed E-state index contributed by atoms with van der Waals surface area (Å²) < 4.78 is 0. The number of nitrogens with one attached hydrogen (secondary N) is 2. The lowest BCUT2D eigenvalue weighted by atomic mass is 9.68. The standard InChI is InChI=1S/C10H17NO.C10H19N.C10H16O/c1-9(2)7-4-5-10(9,3)11-8(12)6-7;1-9(2)8-4-6-10(9,3)11-7-5-8;1-9(2)7-4-5-10(9,3)8(11)6-7/h7H,4-6H2,1-3H3,(H,11,12);8,11H,4-7H2,1-3H3;7H,4-6H2,1-3H3. The molecule has 6 rings (SSSR count). The second-order valence-electron chi connectivity index (χ2n) is 15.0.